The summed E-state index contributed by atoms with van der Waals surface area (Å²) in [5, 5.41) is 3.14. The third-order valence-electron chi connectivity index (χ3n) is 6.48. The van der Waals surface area contributed by atoms with Gasteiger partial charge in [-0.15, -0.1) is 0 Å². The van der Waals surface area contributed by atoms with E-state index in [9.17, 15) is 4.79 Å². The fraction of sp³-hybridized carbons (Fsp3) is 0.650. The molecule has 0 aliphatic heterocycles. The average molecular weight is 313 g/mol. The normalized spacial score (nSPS) is 34.4. The highest BCUT2D eigenvalue weighted by atomic mass is 16.5. The summed E-state index contributed by atoms with van der Waals surface area (Å²) in [6.07, 6.45) is 8.82. The Hall–Kier alpha value is -1.51. The van der Waals surface area contributed by atoms with Gasteiger partial charge in [0.05, 0.1) is 7.11 Å². The van der Waals surface area contributed by atoms with E-state index in [0.717, 1.165) is 34.8 Å². The molecule has 0 saturated heterocycles. The van der Waals surface area contributed by atoms with E-state index in [-0.39, 0.29) is 5.91 Å². The van der Waals surface area contributed by atoms with E-state index >= 15 is 0 Å². The van der Waals surface area contributed by atoms with Gasteiger partial charge in [-0.05, 0) is 80.8 Å². The quantitative estimate of drug-likeness (QED) is 0.885. The Balaban J connectivity index is 1.46. The fourth-order valence-electron chi connectivity index (χ4n) is 6.01. The van der Waals surface area contributed by atoms with Crippen LogP contribution in [0.5, 0.6) is 5.75 Å². The molecule has 4 aliphatic rings. The lowest BCUT2D eigenvalue weighted by atomic mass is 9.49. The van der Waals surface area contributed by atoms with Crippen LogP contribution in [0.2, 0.25) is 0 Å². The smallest absolute Gasteiger partial charge is 0.224 e. The highest BCUT2D eigenvalue weighted by molar-refractivity contribution is 5.92. The molecule has 5 rings (SSSR count). The molecule has 1 aromatic rings. The first-order chi connectivity index (χ1) is 11.1. The largest absolute Gasteiger partial charge is 0.496 e. The standard InChI is InChI=1S/C20H27NO2/c1-13-17(4-3-5-18(13)23-2)21-19(22)12-20-9-14-6-15(10-20)8-16(7-14)11-20/h3-5,14-16H,6-12H2,1-2H3,(H,21,22). The summed E-state index contributed by atoms with van der Waals surface area (Å²) < 4.78 is 5.35. The highest BCUT2D eigenvalue weighted by Crippen LogP contribution is 2.61. The molecule has 4 bridgehead atoms. The van der Waals surface area contributed by atoms with Crippen LogP contribution in [0.3, 0.4) is 0 Å². The Morgan fingerprint density at radius 3 is 2.35 bits per heavy atom. The number of nitrogens with one attached hydrogen (secondary N) is 1. The van der Waals surface area contributed by atoms with Crippen molar-refractivity contribution in [2.45, 2.75) is 51.9 Å². The second-order valence-electron chi connectivity index (χ2n) is 8.28. The molecule has 0 unspecified atom stereocenters. The van der Waals surface area contributed by atoms with Crippen molar-refractivity contribution in [1.29, 1.82) is 0 Å². The first-order valence-corrected chi connectivity index (χ1v) is 9.00. The number of methoxy groups -OCH3 is 1. The maximum absolute atomic E-state index is 12.7. The molecule has 0 heterocycles. The van der Waals surface area contributed by atoms with Crippen molar-refractivity contribution in [3.63, 3.8) is 0 Å². The summed E-state index contributed by atoms with van der Waals surface area (Å²) in [6, 6.07) is 5.84. The van der Waals surface area contributed by atoms with Gasteiger partial charge in [-0.3, -0.25) is 4.79 Å². The summed E-state index contributed by atoms with van der Waals surface area (Å²) in [5.41, 5.74) is 2.19. The topological polar surface area (TPSA) is 38.3 Å². The number of carbonyl (C=O) groups excluding carboxylic acids is 1. The van der Waals surface area contributed by atoms with Gasteiger partial charge >= 0.3 is 0 Å². The Kier molecular flexibility index (Phi) is 3.62. The Morgan fingerprint density at radius 1 is 1.17 bits per heavy atom. The molecule has 3 nitrogen and oxygen atoms in total. The van der Waals surface area contributed by atoms with Gasteiger partial charge in [0.2, 0.25) is 5.91 Å². The van der Waals surface area contributed by atoms with Gasteiger partial charge in [0.1, 0.15) is 5.75 Å². The second-order valence-corrected chi connectivity index (χ2v) is 8.28. The van der Waals surface area contributed by atoms with Crippen LogP contribution in [0.15, 0.2) is 18.2 Å². The first kappa shape index (κ1) is 15.0. The van der Waals surface area contributed by atoms with Crippen LogP contribution in [0.1, 0.15) is 50.5 Å². The Labute approximate surface area is 138 Å². The first-order valence-electron chi connectivity index (χ1n) is 9.00. The lowest BCUT2D eigenvalue weighted by Crippen LogP contribution is -2.47. The van der Waals surface area contributed by atoms with Crippen LogP contribution in [0, 0.1) is 30.1 Å². The third kappa shape index (κ3) is 2.75. The van der Waals surface area contributed by atoms with Gasteiger partial charge in [-0.1, -0.05) is 6.07 Å². The number of carbonyl (C=O) groups is 1. The number of anilines is 1. The van der Waals surface area contributed by atoms with Gasteiger partial charge in [-0.25, -0.2) is 0 Å². The third-order valence-corrected chi connectivity index (χ3v) is 6.48. The molecule has 23 heavy (non-hydrogen) atoms. The predicted octanol–water partition coefficient (Wildman–Crippen LogP) is 4.55. The zero-order valence-electron chi connectivity index (χ0n) is 14.2. The summed E-state index contributed by atoms with van der Waals surface area (Å²) in [5.74, 6) is 3.70. The van der Waals surface area contributed by atoms with Crippen LogP contribution >= 0.6 is 0 Å². The van der Waals surface area contributed by atoms with E-state index in [0.29, 0.717) is 11.8 Å². The highest BCUT2D eigenvalue weighted by Gasteiger charge is 2.51. The molecule has 124 valence electrons. The van der Waals surface area contributed by atoms with Gasteiger partial charge in [-0.2, -0.15) is 0 Å². The minimum absolute atomic E-state index is 0.184. The molecule has 3 heteroatoms. The second kappa shape index (κ2) is 5.54. The molecule has 1 N–H and O–H groups in total. The van der Waals surface area contributed by atoms with Crippen molar-refractivity contribution in [3.05, 3.63) is 23.8 Å². The minimum Gasteiger partial charge on any atom is -0.496 e. The monoisotopic (exact) mass is 313 g/mol. The van der Waals surface area contributed by atoms with Gasteiger partial charge in [0.15, 0.2) is 0 Å². The molecular weight excluding hydrogens is 286 g/mol. The van der Waals surface area contributed by atoms with Crippen LogP contribution in [-0.4, -0.2) is 13.0 Å². The molecule has 1 aromatic carbocycles. The average Bonchev–Trinajstić information content (AvgIpc) is 2.47. The molecule has 1 amide bonds. The number of hydrogen-bond acceptors (Lipinski definition) is 2. The Bertz CT molecular complexity index is 587. The number of amides is 1. The maximum atomic E-state index is 12.7. The van der Waals surface area contributed by atoms with Gasteiger partial charge in [0, 0.05) is 17.7 Å². The van der Waals surface area contributed by atoms with Crippen molar-refractivity contribution in [2.75, 3.05) is 12.4 Å². The van der Waals surface area contributed by atoms with Crippen LogP contribution < -0.4 is 10.1 Å². The summed E-state index contributed by atoms with van der Waals surface area (Å²) in [4.78, 5) is 12.7. The van der Waals surface area contributed by atoms with Crippen molar-refractivity contribution in [1.82, 2.24) is 0 Å². The lowest BCUT2D eigenvalue weighted by Gasteiger charge is -2.56. The van der Waals surface area contributed by atoms with E-state index in [1.54, 1.807) is 7.11 Å². The summed E-state index contributed by atoms with van der Waals surface area (Å²) in [6.45, 7) is 2.00. The maximum Gasteiger partial charge on any atom is 0.224 e. The molecule has 4 aliphatic carbocycles. The SMILES string of the molecule is COc1cccc(NC(=O)CC23CC4CC(CC(C4)C2)C3)c1C. The fourth-order valence-corrected chi connectivity index (χ4v) is 6.01. The molecule has 0 spiro atoms. The summed E-state index contributed by atoms with van der Waals surface area (Å²) in [7, 11) is 1.67. The molecule has 0 radical (unpaired) electrons. The molecule has 4 saturated carbocycles. The zero-order valence-corrected chi connectivity index (χ0v) is 14.2. The lowest BCUT2D eigenvalue weighted by molar-refractivity contribution is -0.124. The number of benzene rings is 1. The van der Waals surface area contributed by atoms with E-state index < -0.39 is 0 Å². The van der Waals surface area contributed by atoms with Crippen molar-refractivity contribution in [2.24, 2.45) is 23.2 Å². The number of ether oxygens (including phenoxy) is 1. The number of hydrogen-bond donors (Lipinski definition) is 1. The molecule has 4 fully saturated rings. The summed E-state index contributed by atoms with van der Waals surface area (Å²) >= 11 is 0. The molecule has 0 atom stereocenters. The zero-order chi connectivity index (χ0) is 16.0. The van der Waals surface area contributed by atoms with Gasteiger partial charge < -0.3 is 10.1 Å². The molecule has 0 aromatic heterocycles. The van der Waals surface area contributed by atoms with Crippen LogP contribution in [0.4, 0.5) is 5.69 Å². The van der Waals surface area contributed by atoms with Crippen LogP contribution in [-0.2, 0) is 4.79 Å². The van der Waals surface area contributed by atoms with E-state index in [1.807, 2.05) is 25.1 Å². The van der Waals surface area contributed by atoms with Gasteiger partial charge in [0.25, 0.3) is 0 Å². The van der Waals surface area contributed by atoms with Crippen molar-refractivity contribution < 1.29 is 9.53 Å². The molecular formula is C20H27NO2. The Morgan fingerprint density at radius 2 is 1.78 bits per heavy atom. The predicted molar refractivity (Wildman–Crippen MR) is 91.6 cm³/mol. The van der Waals surface area contributed by atoms with E-state index in [2.05, 4.69) is 5.32 Å². The number of rotatable bonds is 4. The van der Waals surface area contributed by atoms with E-state index in [4.69, 9.17) is 4.74 Å². The van der Waals surface area contributed by atoms with Crippen LogP contribution in [0.25, 0.3) is 0 Å². The van der Waals surface area contributed by atoms with Crippen molar-refractivity contribution in [3.8, 4) is 5.75 Å². The van der Waals surface area contributed by atoms with Crippen molar-refractivity contribution >= 4 is 11.6 Å². The minimum atomic E-state index is 0.184. The van der Waals surface area contributed by atoms with E-state index in [1.165, 1.54) is 38.5 Å².